The largest absolute Gasteiger partial charge is 0.468 e. The average molecular weight is 515 g/mol. The van der Waals surface area contributed by atoms with Gasteiger partial charge >= 0.3 is 13.7 Å². The number of para-hydroxylation sites is 1. The average Bonchev–Trinajstić information content (AvgIpc) is 3.01. The monoisotopic (exact) mass is 515 g/mol. The Labute approximate surface area is 200 Å². The third-order valence-electron chi connectivity index (χ3n) is 5.14. The predicted octanol–water partition coefficient (Wildman–Crippen LogP) is 1.27. The van der Waals surface area contributed by atoms with E-state index in [0.29, 0.717) is 0 Å². The van der Waals surface area contributed by atoms with Crippen molar-refractivity contribution in [3.63, 3.8) is 0 Å². The molecule has 2 heterocycles. The van der Waals surface area contributed by atoms with E-state index >= 15 is 0 Å². The van der Waals surface area contributed by atoms with Crippen molar-refractivity contribution in [1.29, 1.82) is 0 Å². The highest BCUT2D eigenvalue weighted by Gasteiger charge is 2.53. The van der Waals surface area contributed by atoms with Crippen molar-refractivity contribution in [3.8, 4) is 5.75 Å². The van der Waals surface area contributed by atoms with Crippen LogP contribution in [0.3, 0.4) is 0 Å². The SMILES string of the molecule is COC(=O)[C@H](C)N[P@@](=O)(OC[C@H]1O[C@@H](n2ccc(=O)[nH]c2=S)C(C)(O)[C@H]1O)Oc1ccccc1. The molecule has 0 radical (unpaired) electrons. The molecule has 1 aromatic carbocycles. The summed E-state index contributed by atoms with van der Waals surface area (Å²) in [6, 6.07) is 8.26. The van der Waals surface area contributed by atoms with E-state index in [1.165, 1.54) is 37.8 Å². The van der Waals surface area contributed by atoms with E-state index in [1.807, 2.05) is 0 Å². The van der Waals surface area contributed by atoms with Gasteiger partial charge < -0.3 is 24.2 Å². The number of benzene rings is 1. The summed E-state index contributed by atoms with van der Waals surface area (Å²) in [4.78, 5) is 25.7. The maximum atomic E-state index is 13.5. The van der Waals surface area contributed by atoms with E-state index in [-0.39, 0.29) is 10.5 Å². The molecule has 34 heavy (non-hydrogen) atoms. The lowest BCUT2D eigenvalue weighted by Gasteiger charge is -2.28. The van der Waals surface area contributed by atoms with Crippen LogP contribution in [0.25, 0.3) is 0 Å². The van der Waals surface area contributed by atoms with Crippen molar-refractivity contribution in [3.05, 3.63) is 57.7 Å². The van der Waals surface area contributed by atoms with Gasteiger partial charge in [-0.2, -0.15) is 5.09 Å². The number of aliphatic hydroxyl groups excluding tert-OH is 1. The van der Waals surface area contributed by atoms with Crippen LogP contribution in [0.15, 0.2) is 47.4 Å². The molecule has 0 amide bonds. The number of H-pyrrole nitrogens is 1. The molecule has 0 saturated carbocycles. The van der Waals surface area contributed by atoms with Crippen LogP contribution in [-0.4, -0.2) is 63.3 Å². The lowest BCUT2D eigenvalue weighted by Crippen LogP contribution is -2.45. The number of hydrogen-bond acceptors (Lipinski definition) is 10. The van der Waals surface area contributed by atoms with Crippen molar-refractivity contribution in [2.24, 2.45) is 0 Å². The fourth-order valence-corrected chi connectivity index (χ4v) is 5.10. The topological polar surface area (TPSA) is 161 Å². The van der Waals surface area contributed by atoms with Crippen molar-refractivity contribution in [2.75, 3.05) is 13.7 Å². The Bertz CT molecular complexity index is 1170. The summed E-state index contributed by atoms with van der Waals surface area (Å²) in [7, 11) is -3.01. The number of nitrogens with one attached hydrogen (secondary N) is 2. The zero-order valence-electron chi connectivity index (χ0n) is 18.6. The Morgan fingerprint density at radius 3 is 2.68 bits per heavy atom. The predicted molar refractivity (Wildman–Crippen MR) is 122 cm³/mol. The second-order valence-corrected chi connectivity index (χ2v) is 9.87. The maximum Gasteiger partial charge on any atom is 0.459 e. The lowest BCUT2D eigenvalue weighted by atomic mass is 9.96. The number of rotatable bonds is 9. The number of aliphatic hydroxyl groups is 2. The Morgan fingerprint density at radius 1 is 1.38 bits per heavy atom. The van der Waals surface area contributed by atoms with E-state index in [1.54, 1.807) is 30.3 Å². The molecule has 0 bridgehead atoms. The third-order valence-corrected chi connectivity index (χ3v) is 7.10. The standard InChI is InChI=1S/C20H26N3O9PS/c1-12(17(26)29-3)22-33(28,32-13-7-5-4-6-8-13)30-11-14-16(25)20(2,27)18(31-14)23-10-9-15(24)21-19(23)34/h4-10,12,14,16,18,25,27H,11H2,1-3H3,(H,22,28)(H,21,24,34)/t12-,14+,16-,18+,20?,33+/m0/s1. The van der Waals surface area contributed by atoms with Gasteiger partial charge in [0.2, 0.25) is 0 Å². The highest BCUT2D eigenvalue weighted by atomic mass is 32.1. The molecule has 0 aliphatic carbocycles. The van der Waals surface area contributed by atoms with Gasteiger partial charge in [0.05, 0.1) is 13.7 Å². The summed E-state index contributed by atoms with van der Waals surface area (Å²) in [6.45, 7) is 2.25. The lowest BCUT2D eigenvalue weighted by molar-refractivity contribution is -0.142. The first-order chi connectivity index (χ1) is 16.0. The number of hydrogen-bond donors (Lipinski definition) is 4. The quantitative estimate of drug-likeness (QED) is 0.216. The Balaban J connectivity index is 1.80. The summed E-state index contributed by atoms with van der Waals surface area (Å²) in [6.07, 6.45) is -2.53. The van der Waals surface area contributed by atoms with Gasteiger partial charge in [0.15, 0.2) is 11.0 Å². The smallest absolute Gasteiger partial charge is 0.459 e. The number of ether oxygens (including phenoxy) is 2. The Hall–Kier alpha value is -2.38. The first kappa shape index (κ1) is 26.2. The van der Waals surface area contributed by atoms with Gasteiger partial charge in [-0.3, -0.25) is 23.7 Å². The van der Waals surface area contributed by atoms with Crippen LogP contribution in [0.5, 0.6) is 5.75 Å². The maximum absolute atomic E-state index is 13.5. The zero-order chi connectivity index (χ0) is 25.1. The van der Waals surface area contributed by atoms with Crippen molar-refractivity contribution >= 4 is 25.9 Å². The number of aromatic nitrogens is 2. The van der Waals surface area contributed by atoms with Gasteiger partial charge in [0.25, 0.3) is 5.56 Å². The van der Waals surface area contributed by atoms with Crippen molar-refractivity contribution in [1.82, 2.24) is 14.6 Å². The van der Waals surface area contributed by atoms with Crippen LogP contribution in [0.4, 0.5) is 0 Å². The minimum Gasteiger partial charge on any atom is -0.468 e. The zero-order valence-corrected chi connectivity index (χ0v) is 20.3. The molecule has 1 aromatic heterocycles. The van der Waals surface area contributed by atoms with Gasteiger partial charge in [-0.25, -0.2) is 4.57 Å². The van der Waals surface area contributed by atoms with Gasteiger partial charge in [0.1, 0.15) is 29.6 Å². The summed E-state index contributed by atoms with van der Waals surface area (Å²) < 4.78 is 36.1. The first-order valence-electron chi connectivity index (χ1n) is 10.2. The van der Waals surface area contributed by atoms with Crippen molar-refractivity contribution in [2.45, 2.75) is 43.9 Å². The highest BCUT2D eigenvalue weighted by Crippen LogP contribution is 2.47. The van der Waals surface area contributed by atoms with Crippen LogP contribution in [0.2, 0.25) is 0 Å². The van der Waals surface area contributed by atoms with Gasteiger partial charge in [-0.1, -0.05) is 18.2 Å². The van der Waals surface area contributed by atoms with Crippen LogP contribution >= 0.6 is 20.0 Å². The highest BCUT2D eigenvalue weighted by molar-refractivity contribution is 7.71. The normalized spacial score (nSPS) is 27.0. The second kappa shape index (κ2) is 10.5. The number of aromatic amines is 1. The van der Waals surface area contributed by atoms with Gasteiger partial charge in [0, 0.05) is 12.3 Å². The number of methoxy groups -OCH3 is 1. The van der Waals surface area contributed by atoms with Crippen molar-refractivity contribution < 1.29 is 38.1 Å². The van der Waals surface area contributed by atoms with E-state index < -0.39 is 56.0 Å². The molecule has 1 saturated heterocycles. The molecule has 12 nitrogen and oxygen atoms in total. The fraction of sp³-hybridized carbons (Fsp3) is 0.450. The van der Waals surface area contributed by atoms with Crippen LogP contribution in [-0.2, 0) is 23.4 Å². The molecule has 186 valence electrons. The number of nitrogens with zero attached hydrogens (tertiary/aromatic N) is 1. The molecule has 1 aliphatic rings. The molecule has 1 unspecified atom stereocenters. The molecular formula is C20H26N3O9PS. The Kier molecular flexibility index (Phi) is 8.09. The molecule has 1 fully saturated rings. The minimum atomic E-state index is -4.19. The van der Waals surface area contributed by atoms with Crippen LogP contribution < -0.4 is 15.2 Å². The van der Waals surface area contributed by atoms with Crippen LogP contribution in [0, 0.1) is 4.77 Å². The number of carbonyl (C=O) groups excluding carboxylic acids is 1. The van der Waals surface area contributed by atoms with E-state index in [2.05, 4.69) is 14.8 Å². The minimum absolute atomic E-state index is 0.0294. The molecule has 3 rings (SSSR count). The van der Waals surface area contributed by atoms with E-state index in [4.69, 9.17) is 26.0 Å². The van der Waals surface area contributed by atoms with Gasteiger partial charge in [-0.05, 0) is 38.2 Å². The van der Waals surface area contributed by atoms with Crippen LogP contribution in [0.1, 0.15) is 20.1 Å². The third kappa shape index (κ3) is 5.81. The molecule has 14 heteroatoms. The second-order valence-electron chi connectivity index (χ2n) is 7.79. The molecule has 0 spiro atoms. The molecule has 6 atom stereocenters. The fourth-order valence-electron chi connectivity index (χ4n) is 3.34. The van der Waals surface area contributed by atoms with E-state index in [0.717, 1.165) is 0 Å². The van der Waals surface area contributed by atoms with E-state index in [9.17, 15) is 24.4 Å². The summed E-state index contributed by atoms with van der Waals surface area (Å²) in [5, 5.41) is 24.1. The summed E-state index contributed by atoms with van der Waals surface area (Å²) in [5.41, 5.74) is -2.29. The summed E-state index contributed by atoms with van der Waals surface area (Å²) >= 11 is 5.12. The number of carbonyl (C=O) groups is 1. The Morgan fingerprint density at radius 2 is 2.06 bits per heavy atom. The van der Waals surface area contributed by atoms with Gasteiger partial charge in [-0.15, -0.1) is 0 Å². The first-order valence-corrected chi connectivity index (χ1v) is 12.1. The molecular weight excluding hydrogens is 489 g/mol. The number of esters is 1. The molecule has 4 N–H and O–H groups in total. The molecule has 2 aromatic rings. The summed E-state index contributed by atoms with van der Waals surface area (Å²) in [5.74, 6) is -0.499. The molecule has 1 aliphatic heterocycles.